The highest BCUT2D eigenvalue weighted by Gasteiger charge is 2.15. The Kier molecular flexibility index (Phi) is 6.07. The second kappa shape index (κ2) is 8.86. The molecule has 5 nitrogen and oxygen atoms in total. The zero-order valence-electron chi connectivity index (χ0n) is 15.9. The highest BCUT2D eigenvalue weighted by Crippen LogP contribution is 2.24. The van der Waals surface area contributed by atoms with Crippen LogP contribution in [0, 0.1) is 0 Å². The minimum absolute atomic E-state index is 0.350. The number of benzene rings is 3. The third-order valence-electron chi connectivity index (χ3n) is 4.23. The lowest BCUT2D eigenvalue weighted by Gasteiger charge is -2.13. The maximum Gasteiger partial charge on any atom is 0.339 e. The number of amides is 1. The Morgan fingerprint density at radius 3 is 2.18 bits per heavy atom. The summed E-state index contributed by atoms with van der Waals surface area (Å²) in [5.41, 5.74) is 3.79. The smallest absolute Gasteiger partial charge is 0.339 e. The lowest BCUT2D eigenvalue weighted by molar-refractivity contribution is -0.119. The first-order valence-electron chi connectivity index (χ1n) is 8.93. The second-order valence-electron chi connectivity index (χ2n) is 6.48. The molecule has 0 spiro atoms. The Morgan fingerprint density at radius 1 is 0.857 bits per heavy atom. The molecule has 0 aliphatic carbocycles. The summed E-state index contributed by atoms with van der Waals surface area (Å²) in [6, 6.07) is 24.2. The van der Waals surface area contributed by atoms with Crippen molar-refractivity contribution in [2.75, 3.05) is 30.9 Å². The van der Waals surface area contributed by atoms with Crippen molar-refractivity contribution in [1.29, 1.82) is 0 Å². The molecule has 0 heterocycles. The van der Waals surface area contributed by atoms with E-state index in [1.807, 2.05) is 73.6 Å². The molecule has 3 aromatic rings. The number of hydrogen-bond acceptors (Lipinski definition) is 4. The van der Waals surface area contributed by atoms with E-state index in [0.29, 0.717) is 11.3 Å². The van der Waals surface area contributed by atoms with Crippen LogP contribution in [0.5, 0.6) is 0 Å². The van der Waals surface area contributed by atoms with Gasteiger partial charge < -0.3 is 15.0 Å². The monoisotopic (exact) mass is 374 g/mol. The highest BCUT2D eigenvalue weighted by molar-refractivity contribution is 5.99. The van der Waals surface area contributed by atoms with E-state index in [4.69, 9.17) is 4.74 Å². The van der Waals surface area contributed by atoms with Crippen LogP contribution in [0.25, 0.3) is 11.1 Å². The number of rotatable bonds is 6. The summed E-state index contributed by atoms with van der Waals surface area (Å²) in [4.78, 5) is 26.6. The molecule has 1 amide bonds. The number of carbonyl (C=O) groups excluding carboxylic acids is 2. The molecule has 142 valence electrons. The van der Waals surface area contributed by atoms with Crippen molar-refractivity contribution in [3.63, 3.8) is 0 Å². The van der Waals surface area contributed by atoms with E-state index < -0.39 is 5.97 Å². The summed E-state index contributed by atoms with van der Waals surface area (Å²) in [5, 5.41) is 2.73. The number of nitrogens with one attached hydrogen (secondary N) is 1. The zero-order valence-corrected chi connectivity index (χ0v) is 15.9. The first-order valence-corrected chi connectivity index (χ1v) is 8.93. The Bertz CT molecular complexity index is 951. The molecule has 3 aromatic carbocycles. The van der Waals surface area contributed by atoms with Crippen LogP contribution in [0.4, 0.5) is 11.4 Å². The maximum atomic E-state index is 12.5. The number of anilines is 2. The number of esters is 1. The standard InChI is InChI=1S/C23H22N2O3/c1-25(2)19-14-12-18(13-15-19)24-22(26)16-28-23(27)21-11-7-6-10-20(21)17-8-4-3-5-9-17/h3-15H,16H2,1-2H3,(H,24,26). The summed E-state index contributed by atoms with van der Waals surface area (Å²) in [6.07, 6.45) is 0. The van der Waals surface area contributed by atoms with E-state index in [9.17, 15) is 9.59 Å². The van der Waals surface area contributed by atoms with Crippen molar-refractivity contribution in [2.45, 2.75) is 0 Å². The van der Waals surface area contributed by atoms with Gasteiger partial charge in [0.05, 0.1) is 5.56 Å². The Labute approximate surface area is 164 Å². The van der Waals surface area contributed by atoms with Crippen LogP contribution in [0.3, 0.4) is 0 Å². The van der Waals surface area contributed by atoms with Crippen LogP contribution in [0.1, 0.15) is 10.4 Å². The molecule has 1 N–H and O–H groups in total. The third kappa shape index (κ3) is 4.76. The summed E-state index contributed by atoms with van der Waals surface area (Å²) >= 11 is 0. The number of carbonyl (C=O) groups is 2. The lowest BCUT2D eigenvalue weighted by atomic mass is 10.00. The van der Waals surface area contributed by atoms with Crippen LogP contribution in [0.2, 0.25) is 0 Å². The molecule has 0 radical (unpaired) electrons. The molecular weight excluding hydrogens is 352 g/mol. The molecule has 0 fully saturated rings. The van der Waals surface area contributed by atoms with Gasteiger partial charge >= 0.3 is 5.97 Å². The molecule has 0 aliphatic heterocycles. The van der Waals surface area contributed by atoms with Crippen LogP contribution in [0.15, 0.2) is 78.9 Å². The Balaban J connectivity index is 1.62. The summed E-state index contributed by atoms with van der Waals surface area (Å²) in [7, 11) is 3.89. The summed E-state index contributed by atoms with van der Waals surface area (Å²) in [6.45, 7) is -0.350. The average molecular weight is 374 g/mol. The van der Waals surface area contributed by atoms with E-state index >= 15 is 0 Å². The first-order chi connectivity index (χ1) is 13.5. The van der Waals surface area contributed by atoms with Crippen LogP contribution in [-0.2, 0) is 9.53 Å². The highest BCUT2D eigenvalue weighted by atomic mass is 16.5. The van der Waals surface area contributed by atoms with Crippen LogP contribution in [-0.4, -0.2) is 32.6 Å². The SMILES string of the molecule is CN(C)c1ccc(NC(=O)COC(=O)c2ccccc2-c2ccccc2)cc1. The van der Waals surface area contributed by atoms with E-state index in [1.54, 1.807) is 24.3 Å². The quantitative estimate of drug-likeness (QED) is 0.657. The largest absolute Gasteiger partial charge is 0.452 e. The minimum Gasteiger partial charge on any atom is -0.452 e. The van der Waals surface area contributed by atoms with Gasteiger partial charge in [-0.2, -0.15) is 0 Å². The van der Waals surface area contributed by atoms with Crippen LogP contribution < -0.4 is 10.2 Å². The molecular formula is C23H22N2O3. The number of ether oxygens (including phenoxy) is 1. The van der Waals surface area contributed by atoms with Crippen molar-refractivity contribution in [1.82, 2.24) is 0 Å². The van der Waals surface area contributed by atoms with Crippen molar-refractivity contribution in [2.24, 2.45) is 0 Å². The van der Waals surface area contributed by atoms with Gasteiger partial charge in [-0.3, -0.25) is 4.79 Å². The lowest BCUT2D eigenvalue weighted by Crippen LogP contribution is -2.21. The molecule has 0 bridgehead atoms. The summed E-state index contributed by atoms with van der Waals surface area (Å²) in [5.74, 6) is -0.916. The summed E-state index contributed by atoms with van der Waals surface area (Å²) < 4.78 is 5.23. The third-order valence-corrected chi connectivity index (χ3v) is 4.23. The fourth-order valence-corrected chi connectivity index (χ4v) is 2.78. The molecule has 0 saturated carbocycles. The van der Waals surface area contributed by atoms with Gasteiger partial charge in [0.2, 0.25) is 0 Å². The van der Waals surface area contributed by atoms with Gasteiger partial charge in [-0.15, -0.1) is 0 Å². The van der Waals surface area contributed by atoms with E-state index in [2.05, 4.69) is 5.32 Å². The Morgan fingerprint density at radius 2 is 1.50 bits per heavy atom. The van der Waals surface area contributed by atoms with E-state index in [1.165, 1.54) is 0 Å². The van der Waals surface area contributed by atoms with Gasteiger partial charge in [0, 0.05) is 25.5 Å². The van der Waals surface area contributed by atoms with Gasteiger partial charge in [0.15, 0.2) is 6.61 Å². The van der Waals surface area contributed by atoms with Crippen molar-refractivity contribution < 1.29 is 14.3 Å². The van der Waals surface area contributed by atoms with Crippen LogP contribution >= 0.6 is 0 Å². The molecule has 0 saturated heterocycles. The molecule has 5 heteroatoms. The van der Waals surface area contributed by atoms with Gasteiger partial charge in [-0.05, 0) is 41.5 Å². The Hall–Kier alpha value is -3.60. The van der Waals surface area contributed by atoms with Crippen molar-refractivity contribution in [3.8, 4) is 11.1 Å². The van der Waals surface area contributed by atoms with Gasteiger partial charge in [0.1, 0.15) is 0 Å². The minimum atomic E-state index is -0.530. The molecule has 28 heavy (non-hydrogen) atoms. The zero-order chi connectivity index (χ0) is 19.9. The van der Waals surface area contributed by atoms with E-state index in [0.717, 1.165) is 16.8 Å². The molecule has 0 atom stereocenters. The molecule has 0 aliphatic rings. The molecule has 0 aromatic heterocycles. The normalized spacial score (nSPS) is 10.2. The molecule has 3 rings (SSSR count). The van der Waals surface area contributed by atoms with Gasteiger partial charge in [-0.1, -0.05) is 48.5 Å². The predicted molar refractivity (Wildman–Crippen MR) is 112 cm³/mol. The van der Waals surface area contributed by atoms with Crippen molar-refractivity contribution in [3.05, 3.63) is 84.4 Å². The predicted octanol–water partition coefficient (Wildman–Crippen LogP) is 4.22. The number of nitrogens with zero attached hydrogens (tertiary/aromatic N) is 1. The fraction of sp³-hybridized carbons (Fsp3) is 0.130. The van der Waals surface area contributed by atoms with E-state index in [-0.39, 0.29) is 12.5 Å². The second-order valence-corrected chi connectivity index (χ2v) is 6.48. The molecule has 0 unspecified atom stereocenters. The first kappa shape index (κ1) is 19.2. The average Bonchev–Trinajstić information content (AvgIpc) is 2.73. The fourth-order valence-electron chi connectivity index (χ4n) is 2.78. The number of hydrogen-bond donors (Lipinski definition) is 1. The topological polar surface area (TPSA) is 58.6 Å². The maximum absolute atomic E-state index is 12.5. The van der Waals surface area contributed by atoms with Gasteiger partial charge in [-0.25, -0.2) is 4.79 Å². The van der Waals surface area contributed by atoms with Crippen molar-refractivity contribution >= 4 is 23.3 Å². The van der Waals surface area contributed by atoms with Gasteiger partial charge in [0.25, 0.3) is 5.91 Å².